The van der Waals surface area contributed by atoms with E-state index in [0.717, 1.165) is 53.2 Å². The predicted octanol–water partition coefficient (Wildman–Crippen LogP) is 10.2. The molecule has 8 nitrogen and oxygen atoms in total. The van der Waals surface area contributed by atoms with Gasteiger partial charge < -0.3 is 14.4 Å². The van der Waals surface area contributed by atoms with Crippen LogP contribution < -0.4 is 24.6 Å². The van der Waals surface area contributed by atoms with Crippen LogP contribution in [0.15, 0.2) is 109 Å². The molecule has 0 aliphatic carbocycles. The normalized spacial score (nSPS) is 18.6. The van der Waals surface area contributed by atoms with Crippen LogP contribution in [0.3, 0.4) is 0 Å². The molecule has 3 heterocycles. The lowest BCUT2D eigenvalue weighted by molar-refractivity contribution is -0.122. The Labute approximate surface area is 334 Å². The largest absolute Gasteiger partial charge is 0.490 e. The van der Waals surface area contributed by atoms with Crippen molar-refractivity contribution in [3.05, 3.63) is 157 Å². The maximum Gasteiger partial charge on any atom is 0.335 e. The van der Waals surface area contributed by atoms with Gasteiger partial charge in [-0.25, -0.2) is 9.69 Å². The number of carbonyl (C=O) groups excluding carboxylic acids is 3. The molecular weight excluding hydrogens is 757 g/mol. The maximum atomic E-state index is 14.4. The van der Waals surface area contributed by atoms with Crippen molar-refractivity contribution in [2.45, 2.75) is 38.2 Å². The number of nitrogens with zero attached hydrogens (tertiary/aromatic N) is 2. The van der Waals surface area contributed by atoms with Crippen LogP contribution in [-0.2, 0) is 16.2 Å². The van der Waals surface area contributed by atoms with Crippen LogP contribution in [0.2, 0.25) is 15.1 Å². The molecule has 1 fully saturated rings. The highest BCUT2D eigenvalue weighted by Gasteiger charge is 2.40. The van der Waals surface area contributed by atoms with E-state index >= 15 is 0 Å². The summed E-state index contributed by atoms with van der Waals surface area (Å²) in [5.74, 6) is -0.851. The van der Waals surface area contributed by atoms with E-state index in [9.17, 15) is 14.4 Å². The highest BCUT2D eigenvalue weighted by atomic mass is 35.5. The zero-order chi connectivity index (χ0) is 38.2. The molecule has 1 N–H and O–H groups in total. The Morgan fingerprint density at radius 1 is 0.745 bits per heavy atom. The quantitative estimate of drug-likeness (QED) is 0.118. The van der Waals surface area contributed by atoms with Gasteiger partial charge in [0.1, 0.15) is 12.2 Å². The second-order valence-corrected chi connectivity index (χ2v) is 14.9. The Morgan fingerprint density at radius 2 is 1.38 bits per heavy atom. The summed E-state index contributed by atoms with van der Waals surface area (Å²) in [7, 11) is 0. The zero-order valence-electron chi connectivity index (χ0n) is 29.9. The average Bonchev–Trinajstić information content (AvgIpc) is 3.18. The van der Waals surface area contributed by atoms with E-state index in [4.69, 9.17) is 44.3 Å². The Morgan fingerprint density at radius 3 is 1.98 bits per heavy atom. The summed E-state index contributed by atoms with van der Waals surface area (Å²) in [6, 6.07) is 32.1. The van der Waals surface area contributed by atoms with Crippen molar-refractivity contribution >= 4 is 70.1 Å². The van der Waals surface area contributed by atoms with Crippen LogP contribution in [0.25, 0.3) is 6.08 Å². The van der Waals surface area contributed by atoms with Gasteiger partial charge in [-0.3, -0.25) is 14.9 Å². The molecule has 278 valence electrons. The number of amides is 4. The van der Waals surface area contributed by atoms with Crippen LogP contribution in [0, 0.1) is 0 Å². The van der Waals surface area contributed by atoms with E-state index in [0.29, 0.717) is 33.7 Å². The van der Waals surface area contributed by atoms with E-state index in [2.05, 4.69) is 34.5 Å². The number of anilines is 2. The lowest BCUT2D eigenvalue weighted by Gasteiger charge is -2.44. The lowest BCUT2D eigenvalue weighted by atomic mass is 9.76. The molecule has 0 unspecified atom stereocenters. The Bertz CT molecular complexity index is 2280. The van der Waals surface area contributed by atoms with Gasteiger partial charge in [0.2, 0.25) is 0 Å². The third-order valence-corrected chi connectivity index (χ3v) is 11.4. The highest BCUT2D eigenvalue weighted by molar-refractivity contribution is 6.42. The number of urea groups is 1. The van der Waals surface area contributed by atoms with Crippen molar-refractivity contribution < 1.29 is 23.9 Å². The van der Waals surface area contributed by atoms with Crippen LogP contribution in [0.5, 0.6) is 11.5 Å². The second kappa shape index (κ2) is 15.5. The molecule has 0 aromatic heterocycles. The number of hydrogen-bond acceptors (Lipinski definition) is 6. The van der Waals surface area contributed by atoms with E-state index in [1.165, 1.54) is 17.2 Å². The predicted molar refractivity (Wildman–Crippen MR) is 217 cm³/mol. The first kappa shape index (κ1) is 36.7. The van der Waals surface area contributed by atoms with Gasteiger partial charge in [0.15, 0.2) is 11.5 Å². The summed E-state index contributed by atoms with van der Waals surface area (Å²) < 4.78 is 11.9. The van der Waals surface area contributed by atoms with Gasteiger partial charge in [0, 0.05) is 30.6 Å². The van der Waals surface area contributed by atoms with Crippen LogP contribution in [0.1, 0.15) is 65.0 Å². The summed E-state index contributed by atoms with van der Waals surface area (Å²) in [5.41, 5.74) is 6.95. The van der Waals surface area contributed by atoms with Gasteiger partial charge >= 0.3 is 6.03 Å². The summed E-state index contributed by atoms with van der Waals surface area (Å²) in [5, 5.41) is 3.43. The third-order valence-electron chi connectivity index (χ3n) is 10.4. The van der Waals surface area contributed by atoms with Gasteiger partial charge in [0.25, 0.3) is 11.8 Å². The van der Waals surface area contributed by atoms with Gasteiger partial charge in [-0.05, 0) is 95.6 Å². The molecule has 5 aromatic rings. The molecule has 0 saturated carbocycles. The molecule has 0 radical (unpaired) electrons. The summed E-state index contributed by atoms with van der Waals surface area (Å²) in [6.07, 6.45) is 3.18. The van der Waals surface area contributed by atoms with Crippen molar-refractivity contribution in [1.82, 2.24) is 5.32 Å². The molecule has 5 aromatic carbocycles. The van der Waals surface area contributed by atoms with Gasteiger partial charge in [-0.15, -0.1) is 0 Å². The van der Waals surface area contributed by atoms with Gasteiger partial charge in [0.05, 0.1) is 27.4 Å². The van der Waals surface area contributed by atoms with Crippen LogP contribution >= 0.6 is 34.8 Å². The van der Waals surface area contributed by atoms with Crippen LogP contribution in [-0.4, -0.2) is 37.5 Å². The minimum Gasteiger partial charge on any atom is -0.490 e. The average molecular weight is 793 g/mol. The van der Waals surface area contributed by atoms with Gasteiger partial charge in [-0.2, -0.15) is 0 Å². The molecule has 1 saturated heterocycles. The van der Waals surface area contributed by atoms with Crippen molar-refractivity contribution in [1.29, 1.82) is 0 Å². The molecule has 3 aliphatic rings. The number of hydrogen-bond donors (Lipinski definition) is 1. The van der Waals surface area contributed by atoms with Crippen molar-refractivity contribution in [2.24, 2.45) is 0 Å². The smallest absolute Gasteiger partial charge is 0.335 e. The molecule has 11 heteroatoms. The molecule has 0 bridgehead atoms. The minimum atomic E-state index is -0.811. The summed E-state index contributed by atoms with van der Waals surface area (Å²) in [4.78, 5) is 45.0. The second-order valence-electron chi connectivity index (χ2n) is 13.7. The topological polar surface area (TPSA) is 88.2 Å². The molecule has 55 heavy (non-hydrogen) atoms. The Balaban J connectivity index is 1.18. The van der Waals surface area contributed by atoms with Crippen molar-refractivity contribution in [3.63, 3.8) is 0 Å². The number of rotatable bonds is 9. The monoisotopic (exact) mass is 791 g/mol. The Hall–Kier alpha value is -5.28. The fourth-order valence-electron chi connectivity index (χ4n) is 7.89. The van der Waals surface area contributed by atoms with Crippen LogP contribution in [0.4, 0.5) is 16.2 Å². The van der Waals surface area contributed by atoms with E-state index in [1.807, 2.05) is 55.5 Å². The molecule has 4 amide bonds. The van der Waals surface area contributed by atoms with Gasteiger partial charge in [-0.1, -0.05) is 102 Å². The number of carbonyl (C=O) groups is 3. The number of nitrogens with one attached hydrogen (secondary N) is 1. The van der Waals surface area contributed by atoms with Crippen molar-refractivity contribution in [3.8, 4) is 11.5 Å². The number of benzene rings is 5. The van der Waals surface area contributed by atoms with E-state index in [1.54, 1.807) is 30.3 Å². The molecule has 0 spiro atoms. The third kappa shape index (κ3) is 7.18. The molecular formula is C44H36Cl3N3O5. The number of imide groups is 2. The minimum absolute atomic E-state index is 0.0526. The Kier molecular flexibility index (Phi) is 10.3. The number of ether oxygens (including phenoxy) is 2. The SMILES string of the molecule is CCOc1cc(/C=C2\C(=O)NC(=O)N(c3cc4c5c(c3)[C@H](c3ccccc3)CCN5CC[C@@H]4c3ccccc3)C2=O)cc(Cl)c1OCc1ccc(Cl)c(Cl)c1. The summed E-state index contributed by atoms with van der Waals surface area (Å²) in [6.45, 7) is 4.05. The van der Waals surface area contributed by atoms with E-state index in [-0.39, 0.29) is 34.8 Å². The lowest BCUT2D eigenvalue weighted by Crippen LogP contribution is -2.54. The van der Waals surface area contributed by atoms with E-state index < -0.39 is 17.8 Å². The first-order valence-electron chi connectivity index (χ1n) is 18.2. The fraction of sp³-hybridized carbons (Fsp3) is 0.205. The fourth-order valence-corrected chi connectivity index (χ4v) is 8.48. The molecule has 8 rings (SSSR count). The maximum absolute atomic E-state index is 14.4. The summed E-state index contributed by atoms with van der Waals surface area (Å²) >= 11 is 19.0. The number of halogens is 3. The standard InChI is InChI=1S/C44H36Cl3N3O5/c1-2-54-39-22-27(21-38(47)41(39)55-25-26-13-14-36(45)37(46)20-26)19-35-42(51)48-44(53)50(43(35)52)30-23-33-31(28-9-5-3-6-10-28)15-17-49-18-16-32(34(24-30)40(33)49)29-11-7-4-8-12-29/h3-14,19-24,31-32H,2,15-18,25H2,1H3,(H,48,51,53)/b35-19+/t31-,32+. The number of barbiturate groups is 1. The highest BCUT2D eigenvalue weighted by Crippen LogP contribution is 2.50. The molecule has 2 atom stereocenters. The zero-order valence-corrected chi connectivity index (χ0v) is 32.1. The molecule has 3 aliphatic heterocycles. The first-order chi connectivity index (χ1) is 26.7. The first-order valence-corrected chi connectivity index (χ1v) is 19.3. The van der Waals surface area contributed by atoms with Crippen molar-refractivity contribution in [2.75, 3.05) is 29.5 Å².